The van der Waals surface area contributed by atoms with Gasteiger partial charge in [0.25, 0.3) is 6.43 Å². The van der Waals surface area contributed by atoms with Gasteiger partial charge < -0.3 is 4.74 Å². The van der Waals surface area contributed by atoms with Gasteiger partial charge in [-0.25, -0.2) is 8.78 Å². The fourth-order valence-corrected chi connectivity index (χ4v) is 8.49. The SMILES string of the molecule is CCCCC[Si@]1(C)CC[C@@H](c2ccc(-c3ccc(OCC(F)F)cc3)cc2)CC1. The highest BCUT2D eigenvalue weighted by Gasteiger charge is 2.32. The number of hydrogen-bond acceptors (Lipinski definition) is 1. The molecule has 0 amide bonds. The summed E-state index contributed by atoms with van der Waals surface area (Å²) in [5.74, 6) is 1.19. The molecule has 0 spiro atoms. The zero-order valence-electron chi connectivity index (χ0n) is 17.8. The molecule has 0 radical (unpaired) electrons. The molecule has 0 atom stereocenters. The van der Waals surface area contributed by atoms with Crippen LogP contribution in [-0.4, -0.2) is 21.1 Å². The highest BCUT2D eigenvalue weighted by molar-refractivity contribution is 6.78. The van der Waals surface area contributed by atoms with Gasteiger partial charge in [0.1, 0.15) is 12.4 Å². The summed E-state index contributed by atoms with van der Waals surface area (Å²) in [6.45, 7) is 4.35. The Kier molecular flexibility index (Phi) is 7.88. The molecule has 1 aliphatic rings. The molecule has 1 aliphatic heterocycles. The maximum Gasteiger partial charge on any atom is 0.272 e. The van der Waals surface area contributed by atoms with Crippen molar-refractivity contribution >= 4 is 8.07 Å². The highest BCUT2D eigenvalue weighted by atomic mass is 28.3. The largest absolute Gasteiger partial charge is 0.488 e. The van der Waals surface area contributed by atoms with Gasteiger partial charge in [-0.3, -0.25) is 0 Å². The monoisotopic (exact) mass is 416 g/mol. The maximum absolute atomic E-state index is 12.2. The lowest BCUT2D eigenvalue weighted by molar-refractivity contribution is 0.0819. The van der Waals surface area contributed by atoms with Gasteiger partial charge in [-0.15, -0.1) is 0 Å². The molecule has 0 bridgehead atoms. The average Bonchev–Trinajstić information content (AvgIpc) is 2.73. The minimum Gasteiger partial charge on any atom is -0.488 e. The van der Waals surface area contributed by atoms with Crippen molar-refractivity contribution in [1.29, 1.82) is 0 Å². The summed E-state index contributed by atoms with van der Waals surface area (Å²) in [5, 5.41) is 0. The average molecular weight is 417 g/mol. The number of alkyl halides is 2. The highest BCUT2D eigenvalue weighted by Crippen LogP contribution is 2.41. The molecule has 4 heteroatoms. The molecule has 3 rings (SSSR count). The third-order valence-electron chi connectivity index (χ3n) is 6.52. The number of hydrogen-bond donors (Lipinski definition) is 0. The molecule has 1 saturated heterocycles. The number of ether oxygens (including phenoxy) is 1. The van der Waals surface area contributed by atoms with E-state index in [4.69, 9.17) is 4.74 Å². The van der Waals surface area contributed by atoms with Crippen LogP contribution < -0.4 is 4.74 Å². The quantitative estimate of drug-likeness (QED) is 0.296. The molecule has 29 heavy (non-hydrogen) atoms. The summed E-state index contributed by atoms with van der Waals surface area (Å²) in [6, 6.07) is 20.8. The summed E-state index contributed by atoms with van der Waals surface area (Å²) in [5.41, 5.74) is 3.71. The Balaban J connectivity index is 1.55. The first-order chi connectivity index (χ1) is 14.0. The van der Waals surface area contributed by atoms with E-state index in [2.05, 4.69) is 37.7 Å². The minimum atomic E-state index is -2.45. The number of unbranched alkanes of at least 4 members (excludes halogenated alkanes) is 2. The topological polar surface area (TPSA) is 9.23 Å². The van der Waals surface area contributed by atoms with Crippen LogP contribution in [0.1, 0.15) is 50.5 Å². The Bertz CT molecular complexity index is 734. The normalized spacial score (nSPS) is 22.0. The summed E-state index contributed by atoms with van der Waals surface area (Å²) in [4.78, 5) is 0. The van der Waals surface area contributed by atoms with Crippen LogP contribution >= 0.6 is 0 Å². The van der Waals surface area contributed by atoms with Gasteiger partial charge in [-0.05, 0) is 47.6 Å². The first kappa shape index (κ1) is 22.0. The molecule has 1 heterocycles. The van der Waals surface area contributed by atoms with Gasteiger partial charge in [0.15, 0.2) is 0 Å². The fraction of sp³-hybridized carbons (Fsp3) is 0.520. The van der Waals surface area contributed by atoms with E-state index in [1.807, 2.05) is 12.1 Å². The smallest absolute Gasteiger partial charge is 0.272 e. The van der Waals surface area contributed by atoms with Crippen LogP contribution in [0.15, 0.2) is 48.5 Å². The van der Waals surface area contributed by atoms with Gasteiger partial charge >= 0.3 is 0 Å². The van der Waals surface area contributed by atoms with Gasteiger partial charge in [0.05, 0.1) is 8.07 Å². The van der Waals surface area contributed by atoms with Crippen molar-refractivity contribution in [2.45, 2.75) is 76.1 Å². The zero-order chi connectivity index (χ0) is 20.7. The maximum atomic E-state index is 12.2. The molecule has 0 aliphatic carbocycles. The van der Waals surface area contributed by atoms with Crippen LogP contribution in [0.4, 0.5) is 8.78 Å². The summed E-state index contributed by atoms with van der Waals surface area (Å²) >= 11 is 0. The van der Waals surface area contributed by atoms with Gasteiger partial charge in [-0.2, -0.15) is 0 Å². The van der Waals surface area contributed by atoms with Crippen LogP contribution in [0.3, 0.4) is 0 Å². The number of rotatable bonds is 9. The Morgan fingerprint density at radius 1 is 0.931 bits per heavy atom. The first-order valence-electron chi connectivity index (χ1n) is 11.1. The molecule has 1 fully saturated rings. The van der Waals surface area contributed by atoms with E-state index in [1.165, 1.54) is 55.8 Å². The second-order valence-electron chi connectivity index (χ2n) is 8.89. The van der Waals surface area contributed by atoms with Crippen LogP contribution in [0.2, 0.25) is 24.7 Å². The summed E-state index contributed by atoms with van der Waals surface area (Å²) < 4.78 is 29.5. The first-order valence-corrected chi connectivity index (χ1v) is 14.2. The number of benzene rings is 2. The second-order valence-corrected chi connectivity index (χ2v) is 14.0. The van der Waals surface area contributed by atoms with E-state index in [-0.39, 0.29) is 0 Å². The fourth-order valence-electron chi connectivity index (χ4n) is 4.55. The molecule has 2 aromatic rings. The van der Waals surface area contributed by atoms with E-state index in [0.717, 1.165) is 11.1 Å². The predicted molar refractivity (Wildman–Crippen MR) is 121 cm³/mol. The number of halogens is 2. The lowest BCUT2D eigenvalue weighted by atomic mass is 9.92. The van der Waals surface area contributed by atoms with Crippen molar-refractivity contribution in [3.05, 3.63) is 54.1 Å². The Hall–Kier alpha value is -1.68. The molecular formula is C25H34F2OSi. The lowest BCUT2D eigenvalue weighted by Crippen LogP contribution is -2.34. The molecule has 0 saturated carbocycles. The van der Waals surface area contributed by atoms with E-state index in [1.54, 1.807) is 12.1 Å². The van der Waals surface area contributed by atoms with E-state index >= 15 is 0 Å². The Morgan fingerprint density at radius 3 is 2.07 bits per heavy atom. The molecule has 158 valence electrons. The van der Waals surface area contributed by atoms with Crippen molar-refractivity contribution < 1.29 is 13.5 Å². The van der Waals surface area contributed by atoms with Crippen molar-refractivity contribution in [3.63, 3.8) is 0 Å². The molecule has 1 nitrogen and oxygen atoms in total. The van der Waals surface area contributed by atoms with Crippen LogP contribution in [0.5, 0.6) is 5.75 Å². The summed E-state index contributed by atoms with van der Waals surface area (Å²) in [6.07, 6.45) is 4.41. The van der Waals surface area contributed by atoms with E-state index in [0.29, 0.717) is 11.7 Å². The van der Waals surface area contributed by atoms with Gasteiger partial charge in [0.2, 0.25) is 0 Å². The summed E-state index contributed by atoms with van der Waals surface area (Å²) in [7, 11) is -0.990. The molecule has 0 aromatic heterocycles. The van der Waals surface area contributed by atoms with Crippen molar-refractivity contribution in [2.24, 2.45) is 0 Å². The van der Waals surface area contributed by atoms with Crippen molar-refractivity contribution in [3.8, 4) is 16.9 Å². The van der Waals surface area contributed by atoms with Crippen molar-refractivity contribution in [1.82, 2.24) is 0 Å². The van der Waals surface area contributed by atoms with Crippen LogP contribution in [0.25, 0.3) is 11.1 Å². The molecule has 2 aromatic carbocycles. The van der Waals surface area contributed by atoms with Crippen LogP contribution in [0, 0.1) is 0 Å². The minimum absolute atomic E-state index is 0.485. The van der Waals surface area contributed by atoms with Gasteiger partial charge in [0, 0.05) is 0 Å². The molecule has 0 unspecified atom stereocenters. The van der Waals surface area contributed by atoms with Crippen LogP contribution in [-0.2, 0) is 0 Å². The molecular weight excluding hydrogens is 382 g/mol. The Labute approximate surface area is 175 Å². The lowest BCUT2D eigenvalue weighted by Gasteiger charge is -2.36. The third kappa shape index (κ3) is 6.40. The van der Waals surface area contributed by atoms with E-state index in [9.17, 15) is 8.78 Å². The predicted octanol–water partition coefficient (Wildman–Crippen LogP) is 8.14. The van der Waals surface area contributed by atoms with E-state index < -0.39 is 21.1 Å². The molecule has 0 N–H and O–H groups in total. The second kappa shape index (κ2) is 10.4. The van der Waals surface area contributed by atoms with Gasteiger partial charge in [-0.1, -0.05) is 87.3 Å². The standard InChI is InChI=1S/C25H34F2OSi/c1-3-4-5-16-29(2)17-14-23(15-18-29)21-8-6-20(7-9-21)22-10-12-24(13-11-22)28-19-25(26)27/h6-13,23,25H,3-5,14-19H2,1-2H3/t23-,29-. The zero-order valence-corrected chi connectivity index (χ0v) is 18.8. The van der Waals surface area contributed by atoms with Crippen molar-refractivity contribution in [2.75, 3.05) is 6.61 Å². The Morgan fingerprint density at radius 2 is 1.52 bits per heavy atom. The third-order valence-corrected chi connectivity index (χ3v) is 11.1.